The number of anilines is 1. The highest BCUT2D eigenvalue weighted by molar-refractivity contribution is 5.77. The molecule has 17 heavy (non-hydrogen) atoms. The highest BCUT2D eigenvalue weighted by Crippen LogP contribution is 2.20. The van der Waals surface area contributed by atoms with Gasteiger partial charge in [0.1, 0.15) is 5.82 Å². The molecule has 1 aromatic carbocycles. The van der Waals surface area contributed by atoms with E-state index in [0.29, 0.717) is 6.04 Å². The second-order valence-electron chi connectivity index (χ2n) is 4.47. The van der Waals surface area contributed by atoms with E-state index >= 15 is 0 Å². The fourth-order valence-electron chi connectivity index (χ4n) is 2.26. The van der Waals surface area contributed by atoms with E-state index in [1.807, 2.05) is 0 Å². The summed E-state index contributed by atoms with van der Waals surface area (Å²) >= 11 is 0. The van der Waals surface area contributed by atoms with Crippen LogP contribution in [-0.4, -0.2) is 35.6 Å². The van der Waals surface area contributed by atoms with E-state index in [0.717, 1.165) is 36.6 Å². The molecule has 5 heteroatoms. The first-order valence-corrected chi connectivity index (χ1v) is 5.86. The number of fused-ring (bicyclic) bond motifs is 1. The molecular formula is C12H15FN4. The number of rotatable bonds is 1. The molecule has 2 heterocycles. The van der Waals surface area contributed by atoms with Crippen molar-refractivity contribution in [1.82, 2.24) is 15.3 Å². The van der Waals surface area contributed by atoms with Gasteiger partial charge in [0.25, 0.3) is 0 Å². The zero-order valence-electron chi connectivity index (χ0n) is 9.70. The highest BCUT2D eigenvalue weighted by atomic mass is 19.1. The van der Waals surface area contributed by atoms with Crippen molar-refractivity contribution in [2.75, 3.05) is 24.5 Å². The summed E-state index contributed by atoms with van der Waals surface area (Å²) in [7, 11) is 0. The molecule has 1 aromatic heterocycles. The molecule has 0 amide bonds. The maximum absolute atomic E-state index is 13.1. The average molecular weight is 234 g/mol. The van der Waals surface area contributed by atoms with Gasteiger partial charge in [-0.15, -0.1) is 0 Å². The van der Waals surface area contributed by atoms with Gasteiger partial charge in [-0.25, -0.2) is 9.37 Å². The van der Waals surface area contributed by atoms with Crippen molar-refractivity contribution < 1.29 is 4.39 Å². The smallest absolute Gasteiger partial charge is 0.204 e. The lowest BCUT2D eigenvalue weighted by Crippen LogP contribution is -2.50. The molecule has 1 fully saturated rings. The number of aromatic nitrogens is 2. The van der Waals surface area contributed by atoms with Crippen molar-refractivity contribution in [1.29, 1.82) is 0 Å². The predicted octanol–water partition coefficient (Wildman–Crippen LogP) is 1.50. The van der Waals surface area contributed by atoms with Crippen LogP contribution in [0.3, 0.4) is 0 Å². The lowest BCUT2D eigenvalue weighted by atomic mass is 10.2. The molecule has 0 bridgehead atoms. The van der Waals surface area contributed by atoms with Gasteiger partial charge in [-0.3, -0.25) is 0 Å². The number of piperazine rings is 1. The molecule has 1 unspecified atom stereocenters. The quantitative estimate of drug-likeness (QED) is 0.786. The van der Waals surface area contributed by atoms with Gasteiger partial charge in [-0.1, -0.05) is 0 Å². The van der Waals surface area contributed by atoms with Crippen LogP contribution in [0, 0.1) is 5.82 Å². The summed E-state index contributed by atoms with van der Waals surface area (Å²) in [6.07, 6.45) is 0. The van der Waals surface area contributed by atoms with E-state index in [-0.39, 0.29) is 5.82 Å². The summed E-state index contributed by atoms with van der Waals surface area (Å²) in [6.45, 7) is 4.98. The molecule has 4 nitrogen and oxygen atoms in total. The third kappa shape index (κ3) is 1.86. The van der Waals surface area contributed by atoms with Crippen molar-refractivity contribution in [2.24, 2.45) is 0 Å². The molecule has 1 aliphatic heterocycles. The molecule has 90 valence electrons. The fourth-order valence-corrected chi connectivity index (χ4v) is 2.26. The molecule has 1 atom stereocenters. The van der Waals surface area contributed by atoms with Gasteiger partial charge in [0, 0.05) is 25.7 Å². The zero-order chi connectivity index (χ0) is 11.8. The number of aromatic amines is 1. The van der Waals surface area contributed by atoms with Crippen LogP contribution in [0.25, 0.3) is 11.0 Å². The average Bonchev–Trinajstić information content (AvgIpc) is 2.72. The Morgan fingerprint density at radius 1 is 1.47 bits per heavy atom. The Labute approximate surface area is 98.8 Å². The lowest BCUT2D eigenvalue weighted by Gasteiger charge is -2.33. The maximum atomic E-state index is 13.1. The van der Waals surface area contributed by atoms with Crippen LogP contribution in [0.1, 0.15) is 6.92 Å². The topological polar surface area (TPSA) is 44.0 Å². The molecule has 0 radical (unpaired) electrons. The number of nitrogens with one attached hydrogen (secondary N) is 2. The molecule has 3 rings (SSSR count). The first kappa shape index (κ1) is 10.5. The Morgan fingerprint density at radius 2 is 2.35 bits per heavy atom. The van der Waals surface area contributed by atoms with Gasteiger partial charge >= 0.3 is 0 Å². The lowest BCUT2D eigenvalue weighted by molar-refractivity contribution is 0.494. The van der Waals surface area contributed by atoms with E-state index in [2.05, 4.69) is 27.1 Å². The summed E-state index contributed by atoms with van der Waals surface area (Å²) in [5.74, 6) is 0.598. The molecule has 1 aliphatic rings. The summed E-state index contributed by atoms with van der Waals surface area (Å²) < 4.78 is 13.1. The number of hydrogen-bond acceptors (Lipinski definition) is 3. The Hall–Kier alpha value is -1.62. The minimum Gasteiger partial charge on any atom is -0.337 e. The summed E-state index contributed by atoms with van der Waals surface area (Å²) in [5.41, 5.74) is 1.57. The number of halogens is 1. The predicted molar refractivity (Wildman–Crippen MR) is 65.7 cm³/mol. The van der Waals surface area contributed by atoms with Crippen molar-refractivity contribution >= 4 is 17.0 Å². The third-order valence-corrected chi connectivity index (χ3v) is 3.20. The third-order valence-electron chi connectivity index (χ3n) is 3.20. The number of benzene rings is 1. The molecule has 1 saturated heterocycles. The molecule has 0 spiro atoms. The van der Waals surface area contributed by atoms with Gasteiger partial charge < -0.3 is 15.2 Å². The van der Waals surface area contributed by atoms with Crippen LogP contribution < -0.4 is 10.2 Å². The molecule has 0 aliphatic carbocycles. The SMILES string of the molecule is CC1CNCCN1c1nc2ccc(F)cc2[nH]1. The van der Waals surface area contributed by atoms with E-state index in [4.69, 9.17) is 0 Å². The minimum absolute atomic E-state index is 0.235. The Morgan fingerprint density at radius 3 is 3.18 bits per heavy atom. The van der Waals surface area contributed by atoms with Crippen LogP contribution in [-0.2, 0) is 0 Å². The number of nitrogens with zero attached hydrogens (tertiary/aromatic N) is 2. The van der Waals surface area contributed by atoms with E-state index in [1.165, 1.54) is 12.1 Å². The van der Waals surface area contributed by atoms with Crippen molar-refractivity contribution in [3.05, 3.63) is 24.0 Å². The second kappa shape index (κ2) is 4.00. The second-order valence-corrected chi connectivity index (χ2v) is 4.47. The van der Waals surface area contributed by atoms with Gasteiger partial charge in [-0.2, -0.15) is 0 Å². The van der Waals surface area contributed by atoms with Crippen molar-refractivity contribution in [3.63, 3.8) is 0 Å². The van der Waals surface area contributed by atoms with E-state index in [9.17, 15) is 4.39 Å². The minimum atomic E-state index is -0.235. The summed E-state index contributed by atoms with van der Waals surface area (Å²) in [5, 5.41) is 3.33. The van der Waals surface area contributed by atoms with Crippen LogP contribution >= 0.6 is 0 Å². The number of hydrogen-bond donors (Lipinski definition) is 2. The largest absolute Gasteiger partial charge is 0.337 e. The first-order valence-electron chi connectivity index (χ1n) is 5.86. The Balaban J connectivity index is 1.99. The van der Waals surface area contributed by atoms with E-state index in [1.54, 1.807) is 6.07 Å². The van der Waals surface area contributed by atoms with Gasteiger partial charge in [-0.05, 0) is 25.1 Å². The van der Waals surface area contributed by atoms with Crippen LogP contribution in [0.15, 0.2) is 18.2 Å². The monoisotopic (exact) mass is 234 g/mol. The summed E-state index contributed by atoms with van der Waals surface area (Å²) in [4.78, 5) is 9.90. The number of imidazole rings is 1. The molecule has 2 aromatic rings. The fraction of sp³-hybridized carbons (Fsp3) is 0.417. The standard InChI is InChI=1S/C12H15FN4/c1-8-7-14-4-5-17(8)12-15-10-3-2-9(13)6-11(10)16-12/h2-3,6,8,14H,4-5,7H2,1H3,(H,15,16). The Bertz CT molecular complexity index is 536. The summed E-state index contributed by atoms with van der Waals surface area (Å²) in [6, 6.07) is 5.03. The molecular weight excluding hydrogens is 219 g/mol. The van der Waals surface area contributed by atoms with E-state index < -0.39 is 0 Å². The van der Waals surface area contributed by atoms with Crippen LogP contribution in [0.4, 0.5) is 10.3 Å². The van der Waals surface area contributed by atoms with Gasteiger partial charge in [0.15, 0.2) is 0 Å². The molecule has 2 N–H and O–H groups in total. The van der Waals surface area contributed by atoms with Gasteiger partial charge in [0.2, 0.25) is 5.95 Å². The van der Waals surface area contributed by atoms with Crippen LogP contribution in [0.5, 0.6) is 0 Å². The zero-order valence-corrected chi connectivity index (χ0v) is 9.70. The van der Waals surface area contributed by atoms with Crippen molar-refractivity contribution in [3.8, 4) is 0 Å². The van der Waals surface area contributed by atoms with Crippen molar-refractivity contribution in [2.45, 2.75) is 13.0 Å². The highest BCUT2D eigenvalue weighted by Gasteiger charge is 2.20. The first-order chi connectivity index (χ1) is 8.24. The maximum Gasteiger partial charge on any atom is 0.204 e. The number of H-pyrrole nitrogens is 1. The Kier molecular flexibility index (Phi) is 2.48. The molecule has 0 saturated carbocycles. The normalized spacial score (nSPS) is 21.1. The van der Waals surface area contributed by atoms with Gasteiger partial charge in [0.05, 0.1) is 11.0 Å². The van der Waals surface area contributed by atoms with Crippen LogP contribution in [0.2, 0.25) is 0 Å².